The summed E-state index contributed by atoms with van der Waals surface area (Å²) in [5.74, 6) is 0. The van der Waals surface area contributed by atoms with Crippen LogP contribution in [-0.2, 0) is 5.41 Å². The molecular formula is C67H46N2. The summed E-state index contributed by atoms with van der Waals surface area (Å²) in [5, 5.41) is 2.48. The highest BCUT2D eigenvalue weighted by molar-refractivity contribution is 6.10. The number of hydrogen-bond acceptors (Lipinski definition) is 1. The molecule has 0 bridgehead atoms. The third-order valence-corrected chi connectivity index (χ3v) is 14.3. The van der Waals surface area contributed by atoms with Gasteiger partial charge in [-0.1, -0.05) is 218 Å². The van der Waals surface area contributed by atoms with Gasteiger partial charge in [0.05, 0.1) is 16.4 Å². The van der Waals surface area contributed by atoms with Gasteiger partial charge in [0.2, 0.25) is 0 Å². The van der Waals surface area contributed by atoms with E-state index in [4.69, 9.17) is 0 Å². The Morgan fingerprint density at radius 3 is 1.43 bits per heavy atom. The fourth-order valence-electron chi connectivity index (χ4n) is 11.1. The van der Waals surface area contributed by atoms with Crippen molar-refractivity contribution in [2.75, 3.05) is 4.90 Å². The van der Waals surface area contributed by atoms with Crippen LogP contribution in [0.4, 0.5) is 17.1 Å². The van der Waals surface area contributed by atoms with E-state index in [2.05, 4.69) is 289 Å². The Kier molecular flexibility index (Phi) is 9.77. The van der Waals surface area contributed by atoms with Gasteiger partial charge in [-0.2, -0.15) is 0 Å². The lowest BCUT2D eigenvalue weighted by atomic mass is 9.67. The SMILES string of the molecule is c1ccc(-c2ccc(N(c3cccc(-c4ccc5c6ccccc6n(-c6ccc(-c7ccccc7)cc6)c5c4)c3)c3ccc4c(c3)C(c3ccccc3)(c3ccccc3)c3ccccc3-4)cc2)cc1. The lowest BCUT2D eigenvalue weighted by Gasteiger charge is -2.35. The topological polar surface area (TPSA) is 8.17 Å². The Balaban J connectivity index is 0.981. The van der Waals surface area contributed by atoms with E-state index in [-0.39, 0.29) is 0 Å². The Morgan fingerprint density at radius 1 is 0.275 bits per heavy atom. The molecule has 0 N–H and O–H groups in total. The third-order valence-electron chi connectivity index (χ3n) is 14.3. The predicted molar refractivity (Wildman–Crippen MR) is 289 cm³/mol. The van der Waals surface area contributed by atoms with Crippen LogP contribution in [0, 0.1) is 0 Å². The first-order chi connectivity index (χ1) is 34.2. The van der Waals surface area contributed by atoms with E-state index in [9.17, 15) is 0 Å². The highest BCUT2D eigenvalue weighted by atomic mass is 15.1. The minimum absolute atomic E-state index is 0.523. The zero-order valence-corrected chi connectivity index (χ0v) is 38.0. The molecule has 324 valence electrons. The number of aromatic nitrogens is 1. The van der Waals surface area contributed by atoms with Crippen LogP contribution in [-0.4, -0.2) is 4.57 Å². The maximum absolute atomic E-state index is 2.46. The van der Waals surface area contributed by atoms with Crippen LogP contribution >= 0.6 is 0 Å². The summed E-state index contributed by atoms with van der Waals surface area (Å²) in [7, 11) is 0. The van der Waals surface area contributed by atoms with Crippen molar-refractivity contribution in [2.24, 2.45) is 0 Å². The molecule has 1 aliphatic carbocycles. The molecule has 0 spiro atoms. The van der Waals surface area contributed by atoms with Crippen LogP contribution in [0.2, 0.25) is 0 Å². The molecule has 12 aromatic rings. The van der Waals surface area contributed by atoms with E-state index in [1.807, 2.05) is 0 Å². The molecule has 1 heterocycles. The van der Waals surface area contributed by atoms with Gasteiger partial charge in [0, 0.05) is 33.5 Å². The smallest absolute Gasteiger partial charge is 0.0714 e. The van der Waals surface area contributed by atoms with Crippen molar-refractivity contribution in [3.8, 4) is 50.2 Å². The highest BCUT2D eigenvalue weighted by Crippen LogP contribution is 2.57. The minimum atomic E-state index is -0.523. The molecule has 0 radical (unpaired) electrons. The summed E-state index contributed by atoms with van der Waals surface area (Å²) in [6.07, 6.45) is 0. The van der Waals surface area contributed by atoms with E-state index in [0.29, 0.717) is 0 Å². The number of rotatable bonds is 9. The minimum Gasteiger partial charge on any atom is -0.310 e. The molecule has 11 aromatic carbocycles. The standard InChI is InChI=1S/C67H46N2/c1-5-18-47(19-6-1)49-32-37-55(38-33-49)68(58-41-43-60-59-28-13-15-30-63(59)67(64(60)46-58,53-23-9-3-10-24-53)54-25-11-4-12-26-54)57-27-17-22-51(44-57)52-36-42-62-61-29-14-16-31-65(61)69(66(62)45-52)56-39-34-50(35-40-56)48-20-7-2-8-21-48/h1-46H. The summed E-state index contributed by atoms with van der Waals surface area (Å²) >= 11 is 0. The van der Waals surface area contributed by atoms with Gasteiger partial charge >= 0.3 is 0 Å². The van der Waals surface area contributed by atoms with Gasteiger partial charge in [0.15, 0.2) is 0 Å². The Labute approximate surface area is 403 Å². The van der Waals surface area contributed by atoms with Crippen LogP contribution < -0.4 is 4.90 Å². The Morgan fingerprint density at radius 2 is 0.754 bits per heavy atom. The normalized spacial score (nSPS) is 12.5. The molecule has 0 aliphatic heterocycles. The number of fused-ring (bicyclic) bond motifs is 6. The molecule has 0 saturated heterocycles. The summed E-state index contributed by atoms with van der Waals surface area (Å²) in [6.45, 7) is 0. The second-order valence-corrected chi connectivity index (χ2v) is 18.1. The first-order valence-electron chi connectivity index (χ1n) is 23.8. The van der Waals surface area contributed by atoms with Gasteiger partial charge in [-0.05, 0) is 127 Å². The second-order valence-electron chi connectivity index (χ2n) is 18.1. The largest absolute Gasteiger partial charge is 0.310 e. The van der Waals surface area contributed by atoms with Crippen LogP contribution in [0.25, 0.3) is 72.0 Å². The van der Waals surface area contributed by atoms with Crippen molar-refractivity contribution in [2.45, 2.75) is 5.41 Å². The number of para-hydroxylation sites is 1. The second kappa shape index (κ2) is 16.7. The van der Waals surface area contributed by atoms with E-state index in [1.54, 1.807) is 0 Å². The van der Waals surface area contributed by atoms with Crippen molar-refractivity contribution in [1.29, 1.82) is 0 Å². The molecule has 1 aromatic heterocycles. The molecule has 0 saturated carbocycles. The molecule has 0 amide bonds. The van der Waals surface area contributed by atoms with Gasteiger partial charge in [-0.15, -0.1) is 0 Å². The van der Waals surface area contributed by atoms with Crippen molar-refractivity contribution in [1.82, 2.24) is 4.57 Å². The molecular weight excluding hydrogens is 833 g/mol. The van der Waals surface area contributed by atoms with Crippen LogP contribution in [0.1, 0.15) is 22.3 Å². The molecule has 1 aliphatic rings. The zero-order chi connectivity index (χ0) is 45.7. The van der Waals surface area contributed by atoms with E-state index < -0.39 is 5.41 Å². The average molecular weight is 879 g/mol. The van der Waals surface area contributed by atoms with Crippen LogP contribution in [0.3, 0.4) is 0 Å². The molecule has 0 fully saturated rings. The number of hydrogen-bond donors (Lipinski definition) is 0. The van der Waals surface area contributed by atoms with Gasteiger partial charge in [0.1, 0.15) is 0 Å². The molecule has 0 unspecified atom stereocenters. The van der Waals surface area contributed by atoms with Crippen molar-refractivity contribution in [3.05, 3.63) is 301 Å². The number of benzene rings is 11. The summed E-state index contributed by atoms with van der Waals surface area (Å²) < 4.78 is 2.42. The lowest BCUT2D eigenvalue weighted by Crippen LogP contribution is -2.28. The zero-order valence-electron chi connectivity index (χ0n) is 38.0. The summed E-state index contributed by atoms with van der Waals surface area (Å²) in [5.41, 5.74) is 21.0. The quantitative estimate of drug-likeness (QED) is 0.140. The maximum atomic E-state index is 2.46. The van der Waals surface area contributed by atoms with Crippen molar-refractivity contribution in [3.63, 3.8) is 0 Å². The molecule has 2 heteroatoms. The predicted octanol–water partition coefficient (Wildman–Crippen LogP) is 17.6. The fourth-order valence-corrected chi connectivity index (χ4v) is 11.1. The number of nitrogens with zero attached hydrogens (tertiary/aromatic N) is 2. The molecule has 13 rings (SSSR count). The first kappa shape index (κ1) is 40.3. The van der Waals surface area contributed by atoms with Crippen molar-refractivity contribution < 1.29 is 0 Å². The highest BCUT2D eigenvalue weighted by Gasteiger charge is 2.46. The lowest BCUT2D eigenvalue weighted by molar-refractivity contribution is 0.768. The molecule has 0 atom stereocenters. The van der Waals surface area contributed by atoms with Crippen molar-refractivity contribution >= 4 is 38.9 Å². The van der Waals surface area contributed by atoms with E-state index in [1.165, 1.54) is 77.4 Å². The summed E-state index contributed by atoms with van der Waals surface area (Å²) in [4.78, 5) is 2.44. The van der Waals surface area contributed by atoms with Gasteiger partial charge < -0.3 is 9.47 Å². The Bertz CT molecular complexity index is 3760. The molecule has 2 nitrogen and oxygen atoms in total. The van der Waals surface area contributed by atoms with Crippen LogP contribution in [0.5, 0.6) is 0 Å². The van der Waals surface area contributed by atoms with E-state index in [0.717, 1.165) is 33.9 Å². The van der Waals surface area contributed by atoms with Gasteiger partial charge in [0.25, 0.3) is 0 Å². The fraction of sp³-hybridized carbons (Fsp3) is 0.0149. The third kappa shape index (κ3) is 6.72. The van der Waals surface area contributed by atoms with E-state index >= 15 is 0 Å². The van der Waals surface area contributed by atoms with Gasteiger partial charge in [-0.25, -0.2) is 0 Å². The molecule has 69 heavy (non-hydrogen) atoms. The average Bonchev–Trinajstić information content (AvgIpc) is 3.92. The maximum Gasteiger partial charge on any atom is 0.0714 e. The van der Waals surface area contributed by atoms with Crippen LogP contribution in [0.15, 0.2) is 279 Å². The monoisotopic (exact) mass is 878 g/mol. The summed E-state index contributed by atoms with van der Waals surface area (Å²) in [6, 6.07) is 102. The van der Waals surface area contributed by atoms with Gasteiger partial charge in [-0.3, -0.25) is 0 Å². The number of anilines is 3. The first-order valence-corrected chi connectivity index (χ1v) is 23.8. The Hall–Kier alpha value is -8.98.